The molecule has 1 unspecified atom stereocenters. The largest absolute Gasteiger partial charge is 0.368 e. The predicted molar refractivity (Wildman–Crippen MR) is 143 cm³/mol. The lowest BCUT2D eigenvalue weighted by atomic mass is 9.94. The molecule has 2 atom stereocenters. The van der Waals surface area contributed by atoms with Crippen LogP contribution in [0.1, 0.15) is 32.3 Å². The van der Waals surface area contributed by atoms with Crippen LogP contribution < -0.4 is 10.4 Å². The molecule has 0 aromatic heterocycles. The summed E-state index contributed by atoms with van der Waals surface area (Å²) in [5.41, 5.74) is 7.91. The second-order valence-electron chi connectivity index (χ2n) is 9.30. The van der Waals surface area contributed by atoms with Crippen molar-refractivity contribution in [1.82, 2.24) is 10.4 Å². The summed E-state index contributed by atoms with van der Waals surface area (Å²) in [6, 6.07) is 29.2. The molecule has 1 heterocycles. The molecule has 0 saturated carbocycles. The van der Waals surface area contributed by atoms with Gasteiger partial charge in [-0.15, -0.1) is 0 Å². The Morgan fingerprint density at radius 2 is 1.46 bits per heavy atom. The molecule has 4 rings (SSSR count). The number of amides is 1. The Bertz CT molecular complexity index is 1030. The van der Waals surface area contributed by atoms with Gasteiger partial charge in [0.2, 0.25) is 5.91 Å². The Labute approximate surface area is 209 Å². The number of piperazine rings is 1. The molecule has 1 aliphatic rings. The SMILES string of the molecule is CCC[C@H](C(=O)N1CCN(c2ccc(-c3ccccc3)cc2)CC1)C(C)NOCc1ccccc1. The molecule has 1 aliphatic heterocycles. The second kappa shape index (κ2) is 12.5. The van der Waals surface area contributed by atoms with Crippen molar-refractivity contribution >= 4 is 11.6 Å². The first-order chi connectivity index (χ1) is 17.2. The van der Waals surface area contributed by atoms with Gasteiger partial charge in [0, 0.05) is 37.9 Å². The van der Waals surface area contributed by atoms with Crippen molar-refractivity contribution in [3.8, 4) is 11.1 Å². The highest BCUT2D eigenvalue weighted by molar-refractivity contribution is 5.80. The van der Waals surface area contributed by atoms with E-state index in [1.165, 1.54) is 16.8 Å². The number of hydrogen-bond donors (Lipinski definition) is 1. The molecule has 3 aromatic carbocycles. The molecule has 0 aliphatic carbocycles. The van der Waals surface area contributed by atoms with Crippen molar-refractivity contribution < 1.29 is 9.63 Å². The third-order valence-corrected chi connectivity index (χ3v) is 6.80. The average Bonchev–Trinajstić information content (AvgIpc) is 2.92. The average molecular weight is 472 g/mol. The summed E-state index contributed by atoms with van der Waals surface area (Å²) in [6.45, 7) is 7.86. The van der Waals surface area contributed by atoms with Gasteiger partial charge < -0.3 is 9.80 Å². The van der Waals surface area contributed by atoms with Crippen LogP contribution >= 0.6 is 0 Å². The number of benzene rings is 3. The van der Waals surface area contributed by atoms with E-state index < -0.39 is 0 Å². The molecule has 184 valence electrons. The number of hydroxylamine groups is 1. The zero-order valence-electron chi connectivity index (χ0n) is 20.9. The Hall–Kier alpha value is -3.15. The van der Waals surface area contributed by atoms with E-state index in [9.17, 15) is 4.79 Å². The Kier molecular flexibility index (Phi) is 8.93. The van der Waals surface area contributed by atoms with E-state index in [1.54, 1.807) is 0 Å². The van der Waals surface area contributed by atoms with Crippen molar-refractivity contribution in [2.24, 2.45) is 5.92 Å². The number of nitrogens with one attached hydrogen (secondary N) is 1. The molecule has 5 nitrogen and oxygen atoms in total. The summed E-state index contributed by atoms with van der Waals surface area (Å²) in [7, 11) is 0. The fraction of sp³-hybridized carbons (Fsp3) is 0.367. The summed E-state index contributed by atoms with van der Waals surface area (Å²) in [6.07, 6.45) is 1.82. The standard InChI is InChI=1S/C30H37N3O2/c1-3-10-29(24(2)31-35-23-25-11-6-4-7-12-25)30(34)33-21-19-32(20-22-33)28-17-15-27(16-18-28)26-13-8-5-9-14-26/h4-9,11-18,24,29,31H,3,10,19-23H2,1-2H3/t24?,29-/m0/s1. The van der Waals surface area contributed by atoms with E-state index in [0.717, 1.165) is 44.6 Å². The van der Waals surface area contributed by atoms with E-state index in [0.29, 0.717) is 6.61 Å². The third-order valence-electron chi connectivity index (χ3n) is 6.80. The van der Waals surface area contributed by atoms with Crippen LogP contribution in [-0.2, 0) is 16.2 Å². The van der Waals surface area contributed by atoms with Gasteiger partial charge in [-0.1, -0.05) is 86.1 Å². The van der Waals surface area contributed by atoms with Crippen LogP contribution in [-0.4, -0.2) is 43.0 Å². The van der Waals surface area contributed by atoms with Crippen molar-refractivity contribution in [3.05, 3.63) is 90.5 Å². The van der Waals surface area contributed by atoms with E-state index in [1.807, 2.05) is 48.2 Å². The molecule has 3 aromatic rings. The Balaban J connectivity index is 1.29. The first-order valence-electron chi connectivity index (χ1n) is 12.8. The minimum atomic E-state index is -0.0903. The summed E-state index contributed by atoms with van der Waals surface area (Å²) in [4.78, 5) is 23.6. The van der Waals surface area contributed by atoms with Crippen LogP contribution in [0.4, 0.5) is 5.69 Å². The zero-order chi connectivity index (χ0) is 24.5. The Morgan fingerprint density at radius 1 is 0.857 bits per heavy atom. The Morgan fingerprint density at radius 3 is 2.09 bits per heavy atom. The van der Waals surface area contributed by atoms with Crippen molar-refractivity contribution in [1.29, 1.82) is 0 Å². The van der Waals surface area contributed by atoms with Gasteiger partial charge >= 0.3 is 0 Å². The number of hydrogen-bond acceptors (Lipinski definition) is 4. The number of anilines is 1. The molecular formula is C30H37N3O2. The van der Waals surface area contributed by atoms with Crippen LogP contribution in [0.25, 0.3) is 11.1 Å². The van der Waals surface area contributed by atoms with Gasteiger partial charge in [0.15, 0.2) is 0 Å². The second-order valence-corrected chi connectivity index (χ2v) is 9.30. The molecule has 1 amide bonds. The number of carbonyl (C=O) groups excluding carboxylic acids is 1. The van der Waals surface area contributed by atoms with Crippen LogP contribution in [0.5, 0.6) is 0 Å². The zero-order valence-corrected chi connectivity index (χ0v) is 20.9. The highest BCUT2D eigenvalue weighted by atomic mass is 16.6. The lowest BCUT2D eigenvalue weighted by molar-refractivity contribution is -0.139. The maximum absolute atomic E-state index is 13.4. The molecule has 1 fully saturated rings. The summed E-state index contributed by atoms with van der Waals surface area (Å²) in [5.74, 6) is 0.140. The minimum Gasteiger partial charge on any atom is -0.368 e. The summed E-state index contributed by atoms with van der Waals surface area (Å²) < 4.78 is 0. The summed E-state index contributed by atoms with van der Waals surface area (Å²) >= 11 is 0. The first-order valence-corrected chi connectivity index (χ1v) is 12.8. The van der Waals surface area contributed by atoms with E-state index in [-0.39, 0.29) is 17.9 Å². The normalized spacial score (nSPS) is 15.6. The van der Waals surface area contributed by atoms with Crippen molar-refractivity contribution in [2.75, 3.05) is 31.1 Å². The van der Waals surface area contributed by atoms with Crippen molar-refractivity contribution in [3.63, 3.8) is 0 Å². The fourth-order valence-corrected chi connectivity index (χ4v) is 4.73. The molecule has 35 heavy (non-hydrogen) atoms. The van der Waals surface area contributed by atoms with E-state index in [2.05, 4.69) is 65.8 Å². The van der Waals surface area contributed by atoms with Crippen molar-refractivity contribution in [2.45, 2.75) is 39.3 Å². The van der Waals surface area contributed by atoms with Gasteiger partial charge in [-0.25, -0.2) is 0 Å². The molecule has 5 heteroatoms. The topological polar surface area (TPSA) is 44.8 Å². The van der Waals surface area contributed by atoms with Gasteiger partial charge in [-0.2, -0.15) is 5.48 Å². The van der Waals surface area contributed by atoms with E-state index >= 15 is 0 Å². The third kappa shape index (κ3) is 6.71. The van der Waals surface area contributed by atoms with Crippen LogP contribution in [0.15, 0.2) is 84.9 Å². The number of carbonyl (C=O) groups is 1. The number of rotatable bonds is 10. The molecule has 1 saturated heterocycles. The highest BCUT2D eigenvalue weighted by Crippen LogP contribution is 2.24. The molecule has 0 spiro atoms. The van der Waals surface area contributed by atoms with Crippen LogP contribution in [0.3, 0.4) is 0 Å². The fourth-order valence-electron chi connectivity index (χ4n) is 4.73. The van der Waals surface area contributed by atoms with Gasteiger partial charge in [0.05, 0.1) is 12.5 Å². The smallest absolute Gasteiger partial charge is 0.227 e. The maximum atomic E-state index is 13.4. The van der Waals surface area contributed by atoms with Gasteiger partial charge in [-0.3, -0.25) is 9.63 Å². The molecule has 1 N–H and O–H groups in total. The molecule has 0 radical (unpaired) electrons. The van der Waals surface area contributed by atoms with Crippen LogP contribution in [0, 0.1) is 5.92 Å². The monoisotopic (exact) mass is 471 g/mol. The molecular weight excluding hydrogens is 434 g/mol. The lowest BCUT2D eigenvalue weighted by Crippen LogP contribution is -2.53. The highest BCUT2D eigenvalue weighted by Gasteiger charge is 2.31. The van der Waals surface area contributed by atoms with Crippen LogP contribution in [0.2, 0.25) is 0 Å². The number of nitrogens with zero attached hydrogens (tertiary/aromatic N) is 2. The summed E-state index contributed by atoms with van der Waals surface area (Å²) in [5, 5.41) is 0. The van der Waals surface area contributed by atoms with Gasteiger partial charge in [0.25, 0.3) is 0 Å². The lowest BCUT2D eigenvalue weighted by Gasteiger charge is -2.38. The van der Waals surface area contributed by atoms with E-state index in [4.69, 9.17) is 4.84 Å². The first kappa shape index (κ1) is 25.0. The molecule has 0 bridgehead atoms. The van der Waals surface area contributed by atoms with Gasteiger partial charge in [0.1, 0.15) is 0 Å². The quantitative estimate of drug-likeness (QED) is 0.395. The van der Waals surface area contributed by atoms with Gasteiger partial charge in [-0.05, 0) is 42.2 Å². The maximum Gasteiger partial charge on any atom is 0.227 e. The minimum absolute atomic E-state index is 0.0466. The predicted octanol–water partition coefficient (Wildman–Crippen LogP) is 5.53.